The fraction of sp³-hybridized carbons (Fsp3) is 0.364. The number of hydrogen-bond acceptors (Lipinski definition) is 6. The van der Waals surface area contributed by atoms with Gasteiger partial charge in [-0.3, -0.25) is 4.79 Å². The van der Waals surface area contributed by atoms with Gasteiger partial charge in [-0.05, 0) is 18.6 Å². The average molecular weight is 237 g/mol. The van der Waals surface area contributed by atoms with E-state index in [0.29, 0.717) is 11.3 Å². The molecule has 17 heavy (non-hydrogen) atoms. The number of aliphatic hydroxyl groups is 1. The Bertz CT molecular complexity index is 488. The standard InChI is InChI=1S/C11H11NO5/c1-11(17-10(15)16-2)5-6-3-8(13)9(14)4-7(6)12-11/h3-4,14H,5H2,1-2H3. The molecule has 0 radical (unpaired) electrons. The normalized spacial score (nSPS) is 26.7. The van der Waals surface area contributed by atoms with Crippen LogP contribution in [-0.4, -0.2) is 35.6 Å². The summed E-state index contributed by atoms with van der Waals surface area (Å²) in [5, 5.41) is 9.28. The number of aliphatic imine (C=N–C) groups is 1. The van der Waals surface area contributed by atoms with E-state index in [0.717, 1.165) is 0 Å². The van der Waals surface area contributed by atoms with Gasteiger partial charge in [0, 0.05) is 12.5 Å². The van der Waals surface area contributed by atoms with E-state index in [9.17, 15) is 14.7 Å². The van der Waals surface area contributed by atoms with Crippen molar-refractivity contribution in [2.45, 2.75) is 19.1 Å². The number of ether oxygens (including phenoxy) is 2. The Labute approximate surface area is 97.2 Å². The van der Waals surface area contributed by atoms with E-state index in [2.05, 4.69) is 9.73 Å². The van der Waals surface area contributed by atoms with Gasteiger partial charge in [0.2, 0.25) is 11.5 Å². The highest BCUT2D eigenvalue weighted by molar-refractivity contribution is 6.22. The van der Waals surface area contributed by atoms with Crippen LogP contribution in [0.2, 0.25) is 0 Å². The third kappa shape index (κ3) is 2.06. The van der Waals surface area contributed by atoms with Crippen molar-refractivity contribution >= 4 is 17.7 Å². The van der Waals surface area contributed by atoms with Gasteiger partial charge in [-0.1, -0.05) is 0 Å². The van der Waals surface area contributed by atoms with Gasteiger partial charge in [0.25, 0.3) is 0 Å². The molecule has 0 saturated heterocycles. The summed E-state index contributed by atoms with van der Waals surface area (Å²) in [4.78, 5) is 26.4. The fourth-order valence-corrected chi connectivity index (χ4v) is 1.77. The van der Waals surface area contributed by atoms with Crippen LogP contribution >= 0.6 is 0 Å². The Morgan fingerprint density at radius 1 is 1.53 bits per heavy atom. The van der Waals surface area contributed by atoms with Crippen LogP contribution in [-0.2, 0) is 14.3 Å². The maximum absolute atomic E-state index is 11.2. The van der Waals surface area contributed by atoms with Crippen LogP contribution in [0.3, 0.4) is 0 Å². The minimum Gasteiger partial charge on any atom is -0.504 e. The molecule has 1 heterocycles. The van der Waals surface area contributed by atoms with Crippen molar-refractivity contribution in [3.8, 4) is 0 Å². The molecular weight excluding hydrogens is 226 g/mol. The van der Waals surface area contributed by atoms with Crippen LogP contribution in [0.25, 0.3) is 0 Å². The molecule has 2 aliphatic rings. The molecule has 6 nitrogen and oxygen atoms in total. The minimum atomic E-state index is -1.09. The van der Waals surface area contributed by atoms with Crippen LogP contribution in [0.4, 0.5) is 4.79 Å². The average Bonchev–Trinajstić information content (AvgIpc) is 2.54. The lowest BCUT2D eigenvalue weighted by molar-refractivity contribution is -0.113. The van der Waals surface area contributed by atoms with Gasteiger partial charge < -0.3 is 14.6 Å². The van der Waals surface area contributed by atoms with Crippen molar-refractivity contribution < 1.29 is 24.2 Å². The Balaban J connectivity index is 2.26. The molecule has 1 atom stereocenters. The highest BCUT2D eigenvalue weighted by atomic mass is 16.7. The van der Waals surface area contributed by atoms with E-state index < -0.39 is 17.7 Å². The molecule has 1 unspecified atom stereocenters. The van der Waals surface area contributed by atoms with Gasteiger partial charge in [-0.15, -0.1) is 0 Å². The minimum absolute atomic E-state index is 0.285. The van der Waals surface area contributed by atoms with Crippen molar-refractivity contribution in [1.29, 1.82) is 0 Å². The number of carbonyl (C=O) groups is 2. The Hall–Kier alpha value is -2.11. The predicted octanol–water partition coefficient (Wildman–Crippen LogP) is 1.28. The van der Waals surface area contributed by atoms with E-state index in [1.165, 1.54) is 19.3 Å². The summed E-state index contributed by atoms with van der Waals surface area (Å²) in [6.07, 6.45) is 2.01. The number of nitrogens with zero attached hydrogens (tertiary/aromatic N) is 1. The topological polar surface area (TPSA) is 85.2 Å². The van der Waals surface area contributed by atoms with Gasteiger partial charge >= 0.3 is 6.16 Å². The van der Waals surface area contributed by atoms with E-state index >= 15 is 0 Å². The summed E-state index contributed by atoms with van der Waals surface area (Å²) >= 11 is 0. The van der Waals surface area contributed by atoms with Crippen molar-refractivity contribution in [2.75, 3.05) is 7.11 Å². The fourth-order valence-electron chi connectivity index (χ4n) is 1.77. The number of ketones is 1. The molecule has 6 heteroatoms. The summed E-state index contributed by atoms with van der Waals surface area (Å²) in [7, 11) is 1.20. The first-order valence-electron chi connectivity index (χ1n) is 4.96. The molecule has 90 valence electrons. The zero-order chi connectivity index (χ0) is 12.6. The van der Waals surface area contributed by atoms with Crippen LogP contribution in [0.15, 0.2) is 28.5 Å². The molecule has 0 aromatic rings. The maximum atomic E-state index is 11.2. The number of aliphatic hydroxyl groups excluding tert-OH is 1. The SMILES string of the molecule is COC(=O)OC1(C)CC2=CC(=O)C(O)=CC2=N1. The third-order valence-corrected chi connectivity index (χ3v) is 2.51. The van der Waals surface area contributed by atoms with Crippen LogP contribution in [0, 0.1) is 0 Å². The predicted molar refractivity (Wildman–Crippen MR) is 57.7 cm³/mol. The van der Waals surface area contributed by atoms with Gasteiger partial charge in [-0.2, -0.15) is 0 Å². The first-order chi connectivity index (χ1) is 7.93. The lowest BCUT2D eigenvalue weighted by Crippen LogP contribution is -2.27. The molecule has 1 aliphatic carbocycles. The molecule has 2 rings (SSSR count). The molecule has 1 N–H and O–H groups in total. The smallest absolute Gasteiger partial charge is 0.504 e. The summed E-state index contributed by atoms with van der Waals surface area (Å²) in [6, 6.07) is 0. The highest BCUT2D eigenvalue weighted by Gasteiger charge is 2.38. The van der Waals surface area contributed by atoms with Crippen LogP contribution < -0.4 is 0 Å². The zero-order valence-corrected chi connectivity index (χ0v) is 9.39. The van der Waals surface area contributed by atoms with Crippen LogP contribution in [0.5, 0.6) is 0 Å². The summed E-state index contributed by atoms with van der Waals surface area (Å²) in [5.41, 5.74) is 0.00283. The van der Waals surface area contributed by atoms with E-state index in [1.54, 1.807) is 6.92 Å². The monoisotopic (exact) mass is 237 g/mol. The Kier molecular flexibility index (Phi) is 2.49. The second kappa shape index (κ2) is 3.73. The van der Waals surface area contributed by atoms with Crippen molar-refractivity contribution in [2.24, 2.45) is 4.99 Å². The zero-order valence-electron chi connectivity index (χ0n) is 9.39. The quantitative estimate of drug-likeness (QED) is 0.548. The van der Waals surface area contributed by atoms with E-state index in [4.69, 9.17) is 4.74 Å². The Morgan fingerprint density at radius 3 is 2.88 bits per heavy atom. The van der Waals surface area contributed by atoms with Crippen molar-refractivity contribution in [3.63, 3.8) is 0 Å². The molecule has 0 aromatic heterocycles. The lowest BCUT2D eigenvalue weighted by atomic mass is 9.99. The Morgan fingerprint density at radius 2 is 2.24 bits per heavy atom. The van der Waals surface area contributed by atoms with Gasteiger partial charge in [-0.25, -0.2) is 9.79 Å². The summed E-state index contributed by atoms with van der Waals surface area (Å²) in [5.74, 6) is -0.837. The van der Waals surface area contributed by atoms with Gasteiger partial charge in [0.15, 0.2) is 5.76 Å². The van der Waals surface area contributed by atoms with E-state index in [1.807, 2.05) is 0 Å². The molecule has 0 aromatic carbocycles. The molecule has 1 aliphatic heterocycles. The number of carbonyl (C=O) groups excluding carboxylic acids is 2. The number of allylic oxidation sites excluding steroid dienone is 2. The second-order valence-corrected chi connectivity index (χ2v) is 3.97. The first-order valence-corrected chi connectivity index (χ1v) is 4.96. The molecule has 0 spiro atoms. The molecule has 0 saturated carbocycles. The lowest BCUT2D eigenvalue weighted by Gasteiger charge is -2.19. The third-order valence-electron chi connectivity index (χ3n) is 2.51. The largest absolute Gasteiger partial charge is 0.510 e. The van der Waals surface area contributed by atoms with Gasteiger partial charge in [0.1, 0.15) is 0 Å². The maximum Gasteiger partial charge on any atom is 0.510 e. The number of rotatable bonds is 1. The van der Waals surface area contributed by atoms with Crippen LogP contribution in [0.1, 0.15) is 13.3 Å². The molecule has 0 bridgehead atoms. The molecular formula is C11H11NO5. The second-order valence-electron chi connectivity index (χ2n) is 3.97. The summed E-state index contributed by atoms with van der Waals surface area (Å²) in [6.45, 7) is 1.60. The molecule has 0 amide bonds. The van der Waals surface area contributed by atoms with E-state index in [-0.39, 0.29) is 12.2 Å². The molecule has 0 fully saturated rings. The number of hydrogen-bond donors (Lipinski definition) is 1. The first kappa shape index (κ1) is 11.4. The highest BCUT2D eigenvalue weighted by Crippen LogP contribution is 2.33. The van der Waals surface area contributed by atoms with Crippen molar-refractivity contribution in [1.82, 2.24) is 0 Å². The number of fused-ring (bicyclic) bond motifs is 1. The van der Waals surface area contributed by atoms with Crippen molar-refractivity contribution in [3.05, 3.63) is 23.5 Å². The summed E-state index contributed by atoms with van der Waals surface area (Å²) < 4.78 is 9.39. The van der Waals surface area contributed by atoms with Gasteiger partial charge in [0.05, 0.1) is 12.8 Å². The number of methoxy groups -OCH3 is 1.